The number of amides is 1. The van der Waals surface area contributed by atoms with Crippen LogP contribution in [0.1, 0.15) is 27.2 Å². The molecular formula is C22H17Cl3I61N4O3-. The summed E-state index contributed by atoms with van der Waals surface area (Å²) in [7, 11) is -16.0. The molecule has 0 bridgehead atoms. The van der Waals surface area contributed by atoms with Crippen molar-refractivity contribution in [1.29, 1.82) is 10.5 Å². The summed E-state index contributed by atoms with van der Waals surface area (Å²) >= 11 is 119. The van der Waals surface area contributed by atoms with E-state index in [1.807, 2.05) is 12.1 Å². The minimum atomic E-state index is -0.604. The molecule has 0 radical (unpaired) electrons. The number of primary amides is 1. The summed E-state index contributed by atoms with van der Waals surface area (Å²) in [6.45, 7) is 0. The molecule has 3 aromatic rings. The molecule has 0 fully saturated rings. The monoisotopic (exact) mass is 8230 g/mol. The maximum Gasteiger partial charge on any atom is 0.250 e. The summed E-state index contributed by atoms with van der Waals surface area (Å²) in [5.41, 5.74) is 7.49. The minimum absolute atomic E-state index is 0.0312. The molecule has 0 atom stereocenters. The Balaban J connectivity index is 0.00000209. The molecule has 0 spiro atoms. The fraction of sp³-hybridized carbons (Fsp3) is 0.136. The summed E-state index contributed by atoms with van der Waals surface area (Å²) in [6, 6.07) is 17.6. The van der Waals surface area contributed by atoms with Crippen molar-refractivity contribution < 1.29 is 27.3 Å². The van der Waals surface area contributed by atoms with Gasteiger partial charge >= 0.3 is 819 Å². The first-order valence-electron chi connectivity index (χ1n) is 17.4. The van der Waals surface area contributed by atoms with E-state index in [0.717, 1.165) is 0 Å². The van der Waals surface area contributed by atoms with Crippen molar-refractivity contribution in [2.45, 2.75) is 5.88 Å². The number of hydrogen-bond acceptors (Lipinski definition) is 6. The van der Waals surface area contributed by atoms with Gasteiger partial charge in [-0.25, -0.2) is 4.98 Å². The molecule has 71 heteroatoms. The molecule has 93 heavy (non-hydrogen) atoms. The first-order valence-corrected chi connectivity index (χ1v) is 396. The van der Waals surface area contributed by atoms with Crippen LogP contribution in [-0.4, -0.2) is 28.4 Å². The first kappa shape index (κ1) is 134. The number of aromatic nitrogens is 1. The number of rotatable bonds is 34. The van der Waals surface area contributed by atoms with Gasteiger partial charge in [-0.3, -0.25) is 9.59 Å². The van der Waals surface area contributed by atoms with E-state index in [1.54, 1.807) is 36.4 Å². The van der Waals surface area contributed by atoms with Crippen molar-refractivity contribution in [3.63, 3.8) is 0 Å². The van der Waals surface area contributed by atoms with Gasteiger partial charge in [-0.05, 0) is 24.3 Å². The van der Waals surface area contributed by atoms with Crippen molar-refractivity contribution in [3.8, 4) is 23.6 Å². The van der Waals surface area contributed by atoms with Crippen molar-refractivity contribution >= 4 is 853 Å². The largest absolute Gasteiger partial charge is 0.444 e. The van der Waals surface area contributed by atoms with E-state index < -0.39 is 235 Å². The van der Waals surface area contributed by atoms with Crippen LogP contribution in [0.25, 0.3) is 11.5 Å². The number of carbonyl (C=O) groups excluding carboxylic acids is 2. The molecule has 0 saturated carbocycles. The number of nitriles is 2. The number of oxazole rings is 1. The molecule has 0 unspecified atom stereocenters. The Morgan fingerprint density at radius 1 is 0.419 bits per heavy atom. The number of halogens is 64. The molecule has 3 rings (SSSR count). The van der Waals surface area contributed by atoms with Crippen LogP contribution in [0, 0.1) is 22.7 Å². The fourth-order valence-electron chi connectivity index (χ4n) is 2.94. The predicted octanol–water partition coefficient (Wildman–Crippen LogP) is 54.8. The van der Waals surface area contributed by atoms with Crippen LogP contribution in [0.2, 0.25) is 0 Å². The van der Waals surface area contributed by atoms with E-state index >= 15 is 0 Å². The third-order valence-electron chi connectivity index (χ3n) is 5.90. The number of hydrogen-bond donors (Lipinski definition) is 1. The number of Topliss-reactive ketones (excluding diaryl/α,β-unsaturated/α-hetero) is 1. The Kier molecular flexibility index (Phi) is 117. The number of ketones is 1. The van der Waals surface area contributed by atoms with Gasteiger partial charge in [-0.2, -0.15) is 10.5 Å². The average Bonchev–Trinajstić information content (AvgIpc) is 1.07. The van der Waals surface area contributed by atoms with Crippen LogP contribution >= 0.6 is 841 Å². The van der Waals surface area contributed by atoms with Gasteiger partial charge < -0.3 is 10.2 Å². The third-order valence-corrected chi connectivity index (χ3v) is 4720. The van der Waals surface area contributed by atoms with E-state index in [9.17, 15) is 9.59 Å². The van der Waals surface area contributed by atoms with Crippen LogP contribution in [0.15, 0.2) is 59.2 Å². The van der Waals surface area contributed by atoms with Crippen LogP contribution in [0.4, 0.5) is 0 Å². The Morgan fingerprint density at radius 2 is 0.677 bits per heavy atom. The second kappa shape index (κ2) is 81.3. The SMILES string of the molecule is I[I-]I(I)I(I)I(I)I(I)I(I)I(I)I(I)I(I)I(I)I(I)I(I)I(I)I(I)I(I)I(I)I(I)I(I)I(I)I(I)I(I)I(I)I(I)I(I)I(I)I(I)I(I)I(I)I(I)I(I)I.N#Cc1ccccc1-c1nc(CCl)co1.N#Cc1ccccc1C(N)=O.O=C(CCl)CCl. The van der Waals surface area contributed by atoms with E-state index in [-0.39, 0.29) is 23.1 Å². The molecule has 1 heterocycles. The molecule has 2 aromatic carbocycles. The zero-order chi connectivity index (χ0) is 72.4. The first-order chi connectivity index (χ1) is 43.2. The van der Waals surface area contributed by atoms with Crippen molar-refractivity contribution in [2.75, 3.05) is 11.8 Å². The summed E-state index contributed by atoms with van der Waals surface area (Å²) in [6.07, 6.45) is 1.50. The van der Waals surface area contributed by atoms with Gasteiger partial charge in [0.1, 0.15) is 6.26 Å². The topological polar surface area (TPSA) is 134 Å². The Bertz CT molecular complexity index is 2700. The van der Waals surface area contributed by atoms with Crippen LogP contribution in [0.3, 0.4) is 0 Å². The zero-order valence-electron chi connectivity index (χ0n) is 39.7. The molecule has 0 aliphatic carbocycles. The molecule has 2 N–H and O–H groups in total. The van der Waals surface area contributed by atoms with E-state index in [2.05, 4.69) is 588 Å². The van der Waals surface area contributed by atoms with E-state index in [1.165, 1.54) is 12.3 Å². The average molecular weight is 8230 g/mol. The molecular weight excluding hydrogens is 8220 g/mol. The smallest absolute Gasteiger partial charge is 0.250 e. The van der Waals surface area contributed by atoms with Gasteiger partial charge in [-0.1, -0.05) is 24.3 Å². The molecule has 592 valence electrons. The standard InChI is InChI=1S/C11H7ClN2O.C8H6N2O.C3H4Cl2O.I61/c12-5-9-7-15-11(14-9)10-4-2-1-3-8(10)6-13;9-5-6-3-1-2-4-7(6)8(10)11;4-1-3(6)2-5;1-32-34(4)36(6)38(8)40(10)42(12)44(14)46(16)48(18)50(20)52(22)54(24)56(26)58(28)60(30)61(31)59(29)57(27)55(25)53(23)51(21)49(19)47(17)45(15)43(13)41(11)39(9)37(7)35(5)33(2)3/h1-4,7H,5H2;1-4H,(H2,10,11);1-2H2;/q;;;-1. The normalized spacial score (nSPS) is 15.5. The Labute approximate surface area is 968 Å². The summed E-state index contributed by atoms with van der Waals surface area (Å²) < 4.78 is 5.24. The zero-order valence-corrected chi connectivity index (χ0v) is 174. The van der Waals surface area contributed by atoms with Crippen molar-refractivity contribution in [3.05, 3.63) is 77.2 Å². The van der Waals surface area contributed by atoms with Gasteiger partial charge in [-0.15, -0.1) is 34.8 Å². The van der Waals surface area contributed by atoms with Gasteiger partial charge in [0.15, 0.2) is 5.78 Å². The number of carbonyl (C=O) groups is 2. The fourth-order valence-corrected chi connectivity index (χ4v) is 11500. The van der Waals surface area contributed by atoms with Crippen LogP contribution < -0.4 is 19.0 Å². The molecule has 1 amide bonds. The third kappa shape index (κ3) is 55.0. The Morgan fingerprint density at radius 3 is 0.892 bits per heavy atom. The molecule has 1 aromatic heterocycles. The molecule has 0 saturated heterocycles. The second-order valence-corrected chi connectivity index (χ2v) is 1440. The van der Waals surface area contributed by atoms with Crippen molar-refractivity contribution in [1.82, 2.24) is 4.98 Å². The number of nitrogens with zero attached hydrogens (tertiary/aromatic N) is 3. The maximum atomic E-state index is 10.7. The molecule has 0 aliphatic rings. The predicted molar refractivity (Wildman–Crippen MR) is 964 cm³/mol. The Hall–Kier alpha value is 41.2. The van der Waals surface area contributed by atoms with Gasteiger partial charge in [0.2, 0.25) is 11.8 Å². The van der Waals surface area contributed by atoms with Gasteiger partial charge in [0.05, 0.1) is 57.7 Å². The number of alkyl halides is 3. The second-order valence-electron chi connectivity index (χ2n) is 10.5. The maximum absolute atomic E-state index is 10.7. The summed E-state index contributed by atoms with van der Waals surface area (Å²) in [5, 5.41) is 17.4. The quantitative estimate of drug-likeness (QED) is 0.0468. The summed E-state index contributed by atoms with van der Waals surface area (Å²) in [5.74, 6) is 0.105. The van der Waals surface area contributed by atoms with Crippen molar-refractivity contribution in [2.24, 2.45) is 5.73 Å². The summed E-state index contributed by atoms with van der Waals surface area (Å²) in [4.78, 5) is 24.7. The number of nitrogens with two attached hydrogens (primary N) is 1. The van der Waals surface area contributed by atoms with E-state index in [0.29, 0.717) is 47.4 Å². The van der Waals surface area contributed by atoms with Crippen LogP contribution in [0.5, 0.6) is 0 Å². The molecule has 7 nitrogen and oxygen atoms in total. The van der Waals surface area contributed by atoms with Gasteiger partial charge in [0, 0.05) is 0 Å². The minimum Gasteiger partial charge on any atom is -0.444 e. The molecule has 0 aliphatic heterocycles. The number of benzene rings is 2. The van der Waals surface area contributed by atoms with Crippen LogP contribution in [-0.2, 0) is 10.7 Å². The van der Waals surface area contributed by atoms with Gasteiger partial charge in [0.25, 0.3) is 0 Å². The van der Waals surface area contributed by atoms with E-state index in [4.69, 9.17) is 55.5 Å².